The molecule has 2 heteroatoms. The summed E-state index contributed by atoms with van der Waals surface area (Å²) in [7, 11) is 0. The van der Waals surface area contributed by atoms with E-state index in [-0.39, 0.29) is 5.97 Å². The molecule has 0 aromatic heterocycles. The minimum atomic E-state index is -0.111. The van der Waals surface area contributed by atoms with Crippen LogP contribution in [0, 0.1) is 5.92 Å². The van der Waals surface area contributed by atoms with Gasteiger partial charge in [-0.2, -0.15) is 0 Å². The highest BCUT2D eigenvalue weighted by molar-refractivity contribution is 5.68. The summed E-state index contributed by atoms with van der Waals surface area (Å²) < 4.78 is 5.07. The van der Waals surface area contributed by atoms with Gasteiger partial charge in [0.2, 0.25) is 0 Å². The van der Waals surface area contributed by atoms with E-state index < -0.39 is 0 Å². The molecule has 0 fully saturated rings. The lowest BCUT2D eigenvalue weighted by molar-refractivity contribution is -0.144. The molecule has 2 nitrogen and oxygen atoms in total. The Morgan fingerprint density at radius 1 is 1.53 bits per heavy atom. The monoisotopic (exact) mass is 210 g/mol. The molecule has 0 aromatic carbocycles. The summed E-state index contributed by atoms with van der Waals surface area (Å²) in [5, 5.41) is 0. The van der Waals surface area contributed by atoms with Crippen molar-refractivity contribution in [1.29, 1.82) is 0 Å². The van der Waals surface area contributed by atoms with Crippen LogP contribution in [-0.4, -0.2) is 12.6 Å². The van der Waals surface area contributed by atoms with Crippen molar-refractivity contribution in [2.75, 3.05) is 6.61 Å². The summed E-state index contributed by atoms with van der Waals surface area (Å²) in [6.07, 6.45) is 6.37. The highest BCUT2D eigenvalue weighted by Gasteiger charge is 2.05. The zero-order valence-electron chi connectivity index (χ0n) is 10.1. The molecule has 0 N–H and O–H groups in total. The van der Waals surface area contributed by atoms with Gasteiger partial charge in [-0.1, -0.05) is 38.2 Å². The fourth-order valence-corrected chi connectivity index (χ4v) is 1.18. The Labute approximate surface area is 93.0 Å². The van der Waals surface area contributed by atoms with E-state index in [2.05, 4.69) is 20.4 Å². The smallest absolute Gasteiger partial charge is 0.305 e. The third-order valence-corrected chi connectivity index (χ3v) is 2.25. The van der Waals surface area contributed by atoms with Crippen LogP contribution in [0.3, 0.4) is 0 Å². The van der Waals surface area contributed by atoms with E-state index in [0.29, 0.717) is 18.9 Å². The van der Waals surface area contributed by atoms with Gasteiger partial charge in [-0.3, -0.25) is 4.79 Å². The molecular formula is C13H22O2. The number of carbonyl (C=O) groups is 1. The average Bonchev–Trinajstić information content (AvgIpc) is 2.23. The van der Waals surface area contributed by atoms with E-state index in [1.807, 2.05) is 13.0 Å². The van der Waals surface area contributed by atoms with Gasteiger partial charge in [0, 0.05) is 6.42 Å². The highest BCUT2D eigenvalue weighted by Crippen LogP contribution is 2.12. The first-order valence-corrected chi connectivity index (χ1v) is 5.54. The Kier molecular flexibility index (Phi) is 7.69. The minimum absolute atomic E-state index is 0.111. The molecule has 0 aliphatic carbocycles. The van der Waals surface area contributed by atoms with Gasteiger partial charge in [-0.15, -0.1) is 0 Å². The Bertz CT molecular complexity index is 229. The SMILES string of the molecule is C=C/C=C(\C)CCC(C)COC(=O)CC. The van der Waals surface area contributed by atoms with E-state index in [0.717, 1.165) is 12.8 Å². The number of hydrogen-bond donors (Lipinski definition) is 0. The molecule has 0 aliphatic heterocycles. The van der Waals surface area contributed by atoms with Crippen molar-refractivity contribution in [2.24, 2.45) is 5.92 Å². The number of rotatable bonds is 7. The van der Waals surface area contributed by atoms with Crippen LogP contribution in [0.4, 0.5) is 0 Å². The van der Waals surface area contributed by atoms with E-state index >= 15 is 0 Å². The maximum Gasteiger partial charge on any atom is 0.305 e. The molecule has 0 aliphatic rings. The van der Waals surface area contributed by atoms with Crippen LogP contribution in [0.25, 0.3) is 0 Å². The lowest BCUT2D eigenvalue weighted by Gasteiger charge is -2.11. The second-order valence-corrected chi connectivity index (χ2v) is 3.93. The van der Waals surface area contributed by atoms with Crippen LogP contribution in [0.15, 0.2) is 24.3 Å². The number of esters is 1. The third kappa shape index (κ3) is 7.98. The maximum absolute atomic E-state index is 10.9. The second-order valence-electron chi connectivity index (χ2n) is 3.93. The summed E-state index contributed by atoms with van der Waals surface area (Å²) in [5.74, 6) is 0.314. The van der Waals surface area contributed by atoms with E-state index in [1.165, 1.54) is 5.57 Å². The molecule has 0 spiro atoms. The van der Waals surface area contributed by atoms with Gasteiger partial charge in [-0.05, 0) is 25.7 Å². The molecule has 15 heavy (non-hydrogen) atoms. The van der Waals surface area contributed by atoms with E-state index in [4.69, 9.17) is 4.74 Å². The van der Waals surface area contributed by atoms with Gasteiger partial charge in [0.1, 0.15) is 0 Å². The van der Waals surface area contributed by atoms with Crippen LogP contribution in [0.5, 0.6) is 0 Å². The van der Waals surface area contributed by atoms with Crippen LogP contribution in [0.2, 0.25) is 0 Å². The van der Waals surface area contributed by atoms with Gasteiger partial charge < -0.3 is 4.74 Å². The first-order valence-electron chi connectivity index (χ1n) is 5.54. The maximum atomic E-state index is 10.9. The fourth-order valence-electron chi connectivity index (χ4n) is 1.18. The predicted octanol–water partition coefficient (Wildman–Crippen LogP) is 3.49. The Balaban J connectivity index is 3.65. The first kappa shape index (κ1) is 13.9. The lowest BCUT2D eigenvalue weighted by Crippen LogP contribution is -2.11. The summed E-state index contributed by atoms with van der Waals surface area (Å²) in [4.78, 5) is 10.9. The molecule has 0 rings (SSSR count). The summed E-state index contributed by atoms with van der Waals surface area (Å²) in [6, 6.07) is 0. The van der Waals surface area contributed by atoms with Crippen molar-refractivity contribution < 1.29 is 9.53 Å². The van der Waals surface area contributed by atoms with Crippen molar-refractivity contribution in [3.63, 3.8) is 0 Å². The zero-order chi connectivity index (χ0) is 11.7. The predicted molar refractivity (Wildman–Crippen MR) is 63.6 cm³/mol. The van der Waals surface area contributed by atoms with Crippen LogP contribution in [-0.2, 0) is 9.53 Å². The van der Waals surface area contributed by atoms with Crippen molar-refractivity contribution in [3.05, 3.63) is 24.3 Å². The molecule has 0 saturated carbocycles. The molecule has 0 heterocycles. The first-order chi connectivity index (χ1) is 7.10. The number of allylic oxidation sites excluding steroid dienone is 3. The Morgan fingerprint density at radius 2 is 2.20 bits per heavy atom. The lowest BCUT2D eigenvalue weighted by atomic mass is 10.0. The Hall–Kier alpha value is -1.05. The standard InChI is InChI=1S/C13H22O2/c1-5-7-11(3)8-9-12(4)10-15-13(14)6-2/h5,7,12H,1,6,8-10H2,2-4H3/b11-7+. The van der Waals surface area contributed by atoms with Crippen molar-refractivity contribution in [3.8, 4) is 0 Å². The van der Waals surface area contributed by atoms with Crippen LogP contribution >= 0.6 is 0 Å². The normalized spacial score (nSPS) is 13.4. The highest BCUT2D eigenvalue weighted by atomic mass is 16.5. The van der Waals surface area contributed by atoms with Gasteiger partial charge in [-0.25, -0.2) is 0 Å². The molecule has 0 bridgehead atoms. The van der Waals surface area contributed by atoms with Crippen molar-refractivity contribution in [1.82, 2.24) is 0 Å². The van der Waals surface area contributed by atoms with Crippen molar-refractivity contribution >= 4 is 5.97 Å². The van der Waals surface area contributed by atoms with Gasteiger partial charge in [0.15, 0.2) is 0 Å². The topological polar surface area (TPSA) is 26.3 Å². The molecule has 1 unspecified atom stereocenters. The number of carbonyl (C=O) groups excluding carboxylic acids is 1. The van der Waals surface area contributed by atoms with Crippen molar-refractivity contribution in [2.45, 2.75) is 40.0 Å². The minimum Gasteiger partial charge on any atom is -0.465 e. The molecule has 1 atom stereocenters. The van der Waals surface area contributed by atoms with Gasteiger partial charge in [0.05, 0.1) is 6.61 Å². The summed E-state index contributed by atoms with van der Waals surface area (Å²) in [5.41, 5.74) is 1.32. The number of ether oxygens (including phenoxy) is 1. The molecular weight excluding hydrogens is 188 g/mol. The third-order valence-electron chi connectivity index (χ3n) is 2.25. The molecule has 0 saturated heterocycles. The largest absolute Gasteiger partial charge is 0.465 e. The summed E-state index contributed by atoms with van der Waals surface area (Å²) >= 11 is 0. The fraction of sp³-hybridized carbons (Fsp3) is 0.615. The van der Waals surface area contributed by atoms with E-state index in [9.17, 15) is 4.79 Å². The quantitative estimate of drug-likeness (QED) is 0.475. The molecule has 86 valence electrons. The molecule has 0 aromatic rings. The summed E-state index contributed by atoms with van der Waals surface area (Å²) in [6.45, 7) is 10.2. The number of hydrogen-bond acceptors (Lipinski definition) is 2. The molecule has 0 radical (unpaired) electrons. The second kappa shape index (κ2) is 8.27. The zero-order valence-corrected chi connectivity index (χ0v) is 10.1. The average molecular weight is 210 g/mol. The van der Waals surface area contributed by atoms with Crippen LogP contribution < -0.4 is 0 Å². The molecule has 0 amide bonds. The van der Waals surface area contributed by atoms with Gasteiger partial charge in [0.25, 0.3) is 0 Å². The van der Waals surface area contributed by atoms with E-state index in [1.54, 1.807) is 6.08 Å². The van der Waals surface area contributed by atoms with Gasteiger partial charge >= 0.3 is 5.97 Å². The van der Waals surface area contributed by atoms with Crippen LogP contribution in [0.1, 0.15) is 40.0 Å². The Morgan fingerprint density at radius 3 is 2.73 bits per heavy atom.